The molecule has 0 amide bonds. The van der Waals surface area contributed by atoms with Crippen LogP contribution in [0.25, 0.3) is 0 Å². The molecule has 0 radical (unpaired) electrons. The van der Waals surface area contributed by atoms with E-state index in [1.165, 1.54) is 5.57 Å². The minimum absolute atomic E-state index is 0.0955. The summed E-state index contributed by atoms with van der Waals surface area (Å²) >= 11 is 0. The van der Waals surface area contributed by atoms with Crippen molar-refractivity contribution in [1.82, 2.24) is 0 Å². The molecule has 4 rings (SSSR count). The largest absolute Gasteiger partial charge is 0.393 e. The Hall–Kier alpha value is -0.670. The molecule has 3 fully saturated rings. The van der Waals surface area contributed by atoms with Gasteiger partial charge in [0.1, 0.15) is 5.60 Å². The second-order valence-electron chi connectivity index (χ2n) is 9.34. The number of rotatable bonds is 1. The molecule has 0 aromatic rings. The van der Waals surface area contributed by atoms with Gasteiger partial charge in [-0.15, -0.1) is 0 Å². The zero-order valence-electron chi connectivity index (χ0n) is 17.8. The average Bonchev–Trinajstić information content (AvgIpc) is 2.86. The molecule has 0 aromatic carbocycles. The number of aliphatic hydroxyl groups is 2. The van der Waals surface area contributed by atoms with Gasteiger partial charge < -0.3 is 10.2 Å². The highest BCUT2D eigenvalue weighted by Gasteiger charge is 2.65. The summed E-state index contributed by atoms with van der Waals surface area (Å²) in [5.41, 5.74) is -0.909. The predicted octanol–water partition coefficient (Wildman–Crippen LogP) is 3.63. The summed E-state index contributed by atoms with van der Waals surface area (Å²) in [5.74, 6) is 0.0889. The van der Waals surface area contributed by atoms with Gasteiger partial charge in [0.05, 0.1) is 6.10 Å². The molecule has 0 aromatic heterocycles. The van der Waals surface area contributed by atoms with Crippen LogP contribution in [-0.4, -0.2) is 27.7 Å². The highest BCUT2D eigenvalue weighted by molar-refractivity contribution is 5.86. The first-order valence-corrected chi connectivity index (χ1v) is 9.58. The van der Waals surface area contributed by atoms with Crippen LogP contribution in [0.2, 0.25) is 0 Å². The molecule has 3 nitrogen and oxygen atoms in total. The Labute approximate surface area is 149 Å². The molecule has 0 spiro atoms. The van der Waals surface area contributed by atoms with E-state index in [1.807, 2.05) is 6.92 Å². The first-order chi connectivity index (χ1) is 12.4. The molecule has 24 heavy (non-hydrogen) atoms. The Kier molecular flexibility index (Phi) is 2.91. The van der Waals surface area contributed by atoms with E-state index in [4.69, 9.17) is 4.11 Å². The van der Waals surface area contributed by atoms with Crippen LogP contribution in [0.3, 0.4) is 0 Å². The van der Waals surface area contributed by atoms with E-state index >= 15 is 0 Å². The molecule has 0 heterocycles. The van der Waals surface area contributed by atoms with E-state index in [0.29, 0.717) is 18.3 Å². The van der Waals surface area contributed by atoms with Crippen LogP contribution in [0.15, 0.2) is 11.6 Å². The maximum atomic E-state index is 12.7. The summed E-state index contributed by atoms with van der Waals surface area (Å²) in [4.78, 5) is 12.7. The summed E-state index contributed by atoms with van der Waals surface area (Å²) in [6.45, 7) is 1.53. The number of aliphatic hydroxyl groups excluding tert-OH is 1. The van der Waals surface area contributed by atoms with Gasteiger partial charge >= 0.3 is 0 Å². The number of carbonyl (C=O) groups is 1. The third-order valence-electron chi connectivity index (χ3n) is 8.61. The molecule has 134 valence electrons. The standard InChI is InChI=1S/C21H32O3/c1-13(22)21(24)11-8-18-16-5-4-14-12-15(23)6-9-19(14,2)17(16)7-10-20(18,21)3/h4,15-18,23-24H,5-12H2,1-3H3/t15-,16+,17-,18-,19-,20-,21-/m0/s1/i1D3,22+2. The second-order valence-corrected chi connectivity index (χ2v) is 9.34. The number of Topliss-reactive ketones (excluding diaryl/α,β-unsaturated/α-hetero) is 1. The molecule has 0 bridgehead atoms. The Morgan fingerprint density at radius 2 is 1.96 bits per heavy atom. The number of ketones is 1. The molecule has 7 atom stereocenters. The van der Waals surface area contributed by atoms with Gasteiger partial charge in [0.15, 0.2) is 5.78 Å². The van der Waals surface area contributed by atoms with Gasteiger partial charge in [0.2, 0.25) is 0 Å². The van der Waals surface area contributed by atoms with Crippen molar-refractivity contribution in [1.29, 1.82) is 0 Å². The first kappa shape index (κ1) is 13.5. The minimum Gasteiger partial charge on any atom is -0.393 e. The first-order valence-electron chi connectivity index (χ1n) is 11.1. The minimum atomic E-state index is -2.76. The Balaban J connectivity index is 1.68. The van der Waals surface area contributed by atoms with Gasteiger partial charge in [-0.3, -0.25) is 4.79 Å². The Bertz CT molecular complexity index is 687. The summed E-state index contributed by atoms with van der Waals surface area (Å²) in [6.07, 6.45) is 8.17. The van der Waals surface area contributed by atoms with E-state index < -0.39 is 23.7 Å². The molecule has 2 N–H and O–H groups in total. The normalized spacial score (nSPS) is 56.0. The van der Waals surface area contributed by atoms with E-state index in [-0.39, 0.29) is 23.9 Å². The van der Waals surface area contributed by atoms with E-state index in [0.717, 1.165) is 38.5 Å². The molecule has 3 heteroatoms. The molecular weight excluding hydrogens is 302 g/mol. The van der Waals surface area contributed by atoms with Crippen molar-refractivity contribution in [2.75, 3.05) is 0 Å². The number of carbonyl (C=O) groups excluding carboxylic acids is 1. The van der Waals surface area contributed by atoms with Gasteiger partial charge in [-0.1, -0.05) is 25.5 Å². The Morgan fingerprint density at radius 1 is 1.21 bits per heavy atom. The molecular formula is C21H32O3. The van der Waals surface area contributed by atoms with Crippen LogP contribution >= 0.6 is 0 Å². The smallest absolute Gasteiger partial charge is 0.161 e. The zero-order valence-corrected chi connectivity index (χ0v) is 14.8. The van der Waals surface area contributed by atoms with Crippen molar-refractivity contribution < 1.29 is 19.1 Å². The topological polar surface area (TPSA) is 57.5 Å². The number of hydrogen-bond donors (Lipinski definition) is 2. The van der Waals surface area contributed by atoms with E-state index in [1.54, 1.807) is 0 Å². The van der Waals surface area contributed by atoms with Crippen molar-refractivity contribution in [3.8, 4) is 0 Å². The lowest BCUT2D eigenvalue weighted by Crippen LogP contribution is -2.56. The van der Waals surface area contributed by atoms with Crippen molar-refractivity contribution in [2.45, 2.75) is 83.8 Å². The van der Waals surface area contributed by atoms with Crippen LogP contribution in [-0.2, 0) is 4.79 Å². The molecule has 0 unspecified atom stereocenters. The zero-order chi connectivity index (χ0) is 19.8. The molecule has 0 saturated heterocycles. The van der Waals surface area contributed by atoms with Gasteiger partial charge in [-0.05, 0) is 81.4 Å². The third-order valence-corrected chi connectivity index (χ3v) is 8.61. The molecule has 4 aliphatic rings. The fraction of sp³-hybridized carbons (Fsp3) is 0.857. The van der Waals surface area contributed by atoms with Gasteiger partial charge in [-0.25, -0.2) is 0 Å². The second kappa shape index (κ2) is 5.17. The maximum absolute atomic E-state index is 12.7. The fourth-order valence-corrected chi connectivity index (χ4v) is 7.03. The van der Waals surface area contributed by atoms with Crippen molar-refractivity contribution in [3.63, 3.8) is 0 Å². The van der Waals surface area contributed by atoms with Gasteiger partial charge in [-0.2, -0.15) is 0 Å². The monoisotopic (exact) mass is 337 g/mol. The number of allylic oxidation sites excluding steroid dienone is 1. The lowest BCUT2D eigenvalue weighted by molar-refractivity contribution is -0.159. The molecule has 0 aliphatic heterocycles. The van der Waals surface area contributed by atoms with Gasteiger partial charge in [0, 0.05) is 9.53 Å². The SMILES string of the molecule is [2H]C([2H])([2H])C(=[18O])[C@@]1(O)CC[C@H]2[C@@H]3CC=C4C[C@@H](O)CC[C@]4(C)[C@H]3CC[C@@]21C. The van der Waals surface area contributed by atoms with Crippen LogP contribution in [0.1, 0.15) is 76.2 Å². The van der Waals surface area contributed by atoms with Crippen molar-refractivity contribution >= 4 is 5.78 Å². The fourth-order valence-electron chi connectivity index (χ4n) is 7.03. The maximum Gasteiger partial charge on any atom is 0.161 e. The van der Waals surface area contributed by atoms with Gasteiger partial charge in [0.25, 0.3) is 0 Å². The molecule has 4 aliphatic carbocycles. The summed E-state index contributed by atoms with van der Waals surface area (Å²) < 4.78 is 22.7. The van der Waals surface area contributed by atoms with E-state index in [9.17, 15) is 15.0 Å². The van der Waals surface area contributed by atoms with Crippen LogP contribution in [0.5, 0.6) is 0 Å². The van der Waals surface area contributed by atoms with Crippen molar-refractivity contribution in [3.05, 3.63) is 11.6 Å². The lowest BCUT2D eigenvalue weighted by atomic mass is 9.47. The van der Waals surface area contributed by atoms with Crippen LogP contribution in [0.4, 0.5) is 0 Å². The summed E-state index contributed by atoms with van der Waals surface area (Å²) in [5, 5.41) is 21.4. The highest BCUT2D eigenvalue weighted by atomic mass is 18.1. The van der Waals surface area contributed by atoms with E-state index in [2.05, 4.69) is 13.0 Å². The molecule has 3 saturated carbocycles. The highest BCUT2D eigenvalue weighted by Crippen LogP contribution is 2.67. The quantitative estimate of drug-likeness (QED) is 0.567. The lowest BCUT2D eigenvalue weighted by Gasteiger charge is -2.58. The van der Waals surface area contributed by atoms with Crippen LogP contribution in [0, 0.1) is 28.6 Å². The van der Waals surface area contributed by atoms with Crippen molar-refractivity contribution in [2.24, 2.45) is 28.6 Å². The number of fused-ring (bicyclic) bond motifs is 5. The predicted molar refractivity (Wildman–Crippen MR) is 93.3 cm³/mol. The van der Waals surface area contributed by atoms with Crippen LogP contribution < -0.4 is 0 Å². The number of hydrogen-bond acceptors (Lipinski definition) is 3. The average molecular weight is 338 g/mol. The third kappa shape index (κ3) is 1.94. The summed E-state index contributed by atoms with van der Waals surface area (Å²) in [6, 6.07) is 0. The Morgan fingerprint density at radius 3 is 2.71 bits per heavy atom. The summed E-state index contributed by atoms with van der Waals surface area (Å²) in [7, 11) is 0.